The van der Waals surface area contributed by atoms with Crippen LogP contribution in [-0.4, -0.2) is 39.0 Å². The first-order valence-corrected chi connectivity index (χ1v) is 11.2. The Hall–Kier alpha value is -3.07. The molecule has 1 N–H and O–H groups in total. The quantitative estimate of drug-likeness (QED) is 0.707. The van der Waals surface area contributed by atoms with Crippen LogP contribution in [0.15, 0.2) is 52.4 Å². The molecule has 0 saturated carbocycles. The predicted molar refractivity (Wildman–Crippen MR) is 122 cm³/mol. The number of aliphatic imine (C=N–C) groups is 2. The van der Waals surface area contributed by atoms with Gasteiger partial charge in [-0.15, -0.1) is 0 Å². The summed E-state index contributed by atoms with van der Waals surface area (Å²) in [4.78, 5) is 36.8. The molecule has 2 amide bonds. The van der Waals surface area contributed by atoms with Gasteiger partial charge in [-0.25, -0.2) is 18.7 Å². The summed E-state index contributed by atoms with van der Waals surface area (Å²) in [5.41, 5.74) is 1.19. The lowest BCUT2D eigenvalue weighted by molar-refractivity contribution is -0.125. The summed E-state index contributed by atoms with van der Waals surface area (Å²) >= 11 is 1.11. The molecule has 2 aliphatic heterocycles. The van der Waals surface area contributed by atoms with Crippen molar-refractivity contribution in [3.8, 4) is 0 Å². The highest BCUT2D eigenvalue weighted by atomic mass is 32.2. The topological polar surface area (TPSA) is 74.1 Å². The SMILES string of the molecule is CCC(SC1=Nc2ccccc2C2=NC(C(C)C)C(=O)N12)C(=O)Nc1cc(F)ccc1F. The molecule has 0 spiro atoms. The van der Waals surface area contributed by atoms with Crippen molar-refractivity contribution in [2.75, 3.05) is 5.32 Å². The van der Waals surface area contributed by atoms with Gasteiger partial charge in [0, 0.05) is 11.6 Å². The maximum atomic E-state index is 14.0. The van der Waals surface area contributed by atoms with E-state index in [0.717, 1.165) is 35.5 Å². The number of nitrogens with one attached hydrogen (secondary N) is 1. The third-order valence-electron chi connectivity index (χ3n) is 5.23. The fourth-order valence-corrected chi connectivity index (χ4v) is 4.56. The van der Waals surface area contributed by atoms with Gasteiger partial charge in [0.15, 0.2) is 5.17 Å². The largest absolute Gasteiger partial charge is 0.323 e. The van der Waals surface area contributed by atoms with E-state index in [2.05, 4.69) is 15.3 Å². The van der Waals surface area contributed by atoms with Gasteiger partial charge in [0.25, 0.3) is 5.91 Å². The number of rotatable bonds is 5. The van der Waals surface area contributed by atoms with Crippen molar-refractivity contribution in [3.05, 3.63) is 59.7 Å². The molecule has 2 aromatic rings. The smallest absolute Gasteiger partial charge is 0.259 e. The van der Waals surface area contributed by atoms with Crippen molar-refractivity contribution < 1.29 is 18.4 Å². The van der Waals surface area contributed by atoms with Crippen molar-refractivity contribution in [3.63, 3.8) is 0 Å². The molecule has 2 aromatic carbocycles. The van der Waals surface area contributed by atoms with Gasteiger partial charge in [0.2, 0.25) is 5.91 Å². The van der Waals surface area contributed by atoms with Gasteiger partial charge in [0.1, 0.15) is 23.5 Å². The van der Waals surface area contributed by atoms with Crippen LogP contribution >= 0.6 is 11.8 Å². The van der Waals surface area contributed by atoms with E-state index in [1.165, 1.54) is 4.90 Å². The molecular weight excluding hydrogens is 434 g/mol. The Kier molecular flexibility index (Phi) is 6.10. The minimum atomic E-state index is -0.729. The summed E-state index contributed by atoms with van der Waals surface area (Å²) in [5, 5.41) is 2.10. The maximum absolute atomic E-state index is 14.0. The van der Waals surface area contributed by atoms with Crippen LogP contribution < -0.4 is 5.32 Å². The number of amidine groups is 2. The Morgan fingerprint density at radius 3 is 2.69 bits per heavy atom. The van der Waals surface area contributed by atoms with Crippen LogP contribution in [0.25, 0.3) is 0 Å². The highest BCUT2D eigenvalue weighted by Gasteiger charge is 2.43. The van der Waals surface area contributed by atoms with Crippen molar-refractivity contribution >= 4 is 46.0 Å². The number of hydrogen-bond acceptors (Lipinski definition) is 5. The first kappa shape index (κ1) is 22.1. The van der Waals surface area contributed by atoms with Crippen LogP contribution in [0, 0.1) is 17.6 Å². The van der Waals surface area contributed by atoms with Crippen LogP contribution in [-0.2, 0) is 9.59 Å². The highest BCUT2D eigenvalue weighted by molar-refractivity contribution is 8.15. The number of carbonyl (C=O) groups is 2. The normalized spacial score (nSPS) is 18.1. The second-order valence-electron chi connectivity index (χ2n) is 7.85. The van der Waals surface area contributed by atoms with E-state index in [1.807, 2.05) is 38.1 Å². The number of carbonyl (C=O) groups excluding carboxylic acids is 2. The summed E-state index contributed by atoms with van der Waals surface area (Å²) in [7, 11) is 0. The van der Waals surface area contributed by atoms with E-state index in [-0.39, 0.29) is 17.5 Å². The first-order chi connectivity index (χ1) is 15.3. The molecular formula is C23H22F2N4O2S. The molecule has 166 valence electrons. The summed E-state index contributed by atoms with van der Waals surface area (Å²) < 4.78 is 27.5. The van der Waals surface area contributed by atoms with Crippen molar-refractivity contribution in [1.29, 1.82) is 0 Å². The van der Waals surface area contributed by atoms with E-state index < -0.39 is 28.8 Å². The number of halogens is 2. The van der Waals surface area contributed by atoms with Crippen molar-refractivity contribution in [2.45, 2.75) is 38.5 Å². The average Bonchev–Trinajstić information content (AvgIpc) is 3.12. The molecule has 2 unspecified atom stereocenters. The standard InChI is InChI=1S/C23H22F2N4O2S/c1-4-18(21(30)26-17-11-13(24)9-10-15(17)25)32-23-27-16-8-6-5-7-14(16)20-28-19(12(2)3)22(31)29(20)23/h5-12,18-19H,4H2,1-3H3,(H,26,30). The minimum Gasteiger partial charge on any atom is -0.323 e. The third-order valence-corrected chi connectivity index (χ3v) is 6.54. The Bertz CT molecular complexity index is 1150. The molecule has 4 rings (SSSR count). The zero-order chi connectivity index (χ0) is 23.0. The summed E-state index contributed by atoms with van der Waals surface area (Å²) in [6.45, 7) is 5.65. The van der Waals surface area contributed by atoms with Crippen LogP contribution in [0.3, 0.4) is 0 Å². The molecule has 9 heteroatoms. The lowest BCUT2D eigenvalue weighted by Crippen LogP contribution is -2.43. The summed E-state index contributed by atoms with van der Waals surface area (Å²) in [6, 6.07) is 9.73. The number of benzene rings is 2. The van der Waals surface area contributed by atoms with E-state index in [4.69, 9.17) is 0 Å². The van der Waals surface area contributed by atoms with Crippen LogP contribution in [0.5, 0.6) is 0 Å². The van der Waals surface area contributed by atoms with E-state index in [0.29, 0.717) is 23.1 Å². The van der Waals surface area contributed by atoms with E-state index in [1.54, 1.807) is 6.92 Å². The lowest BCUT2D eigenvalue weighted by Gasteiger charge is -2.27. The fraction of sp³-hybridized carbons (Fsp3) is 0.304. The molecule has 32 heavy (non-hydrogen) atoms. The molecule has 0 aromatic heterocycles. The molecule has 0 radical (unpaired) electrons. The molecule has 0 aliphatic carbocycles. The van der Waals surface area contributed by atoms with Crippen LogP contribution in [0.1, 0.15) is 32.8 Å². The molecule has 0 bridgehead atoms. The fourth-order valence-electron chi connectivity index (χ4n) is 3.54. The minimum absolute atomic E-state index is 0.000218. The van der Waals surface area contributed by atoms with Gasteiger partial charge in [-0.05, 0) is 36.6 Å². The van der Waals surface area contributed by atoms with E-state index >= 15 is 0 Å². The molecule has 2 aliphatic rings. The Balaban J connectivity index is 1.64. The molecule has 0 fully saturated rings. The molecule has 6 nitrogen and oxygen atoms in total. The second-order valence-corrected chi connectivity index (χ2v) is 9.02. The van der Waals surface area contributed by atoms with Crippen LogP contribution in [0.4, 0.5) is 20.2 Å². The van der Waals surface area contributed by atoms with Crippen LogP contribution in [0.2, 0.25) is 0 Å². The number of amides is 2. The number of nitrogens with zero attached hydrogens (tertiary/aromatic N) is 3. The number of para-hydroxylation sites is 1. The third kappa shape index (κ3) is 4.04. The predicted octanol–water partition coefficient (Wildman–Crippen LogP) is 4.73. The first-order valence-electron chi connectivity index (χ1n) is 10.3. The Morgan fingerprint density at radius 2 is 1.97 bits per heavy atom. The number of fused-ring (bicyclic) bond motifs is 3. The van der Waals surface area contributed by atoms with Gasteiger partial charge in [-0.1, -0.05) is 44.7 Å². The Labute approximate surface area is 188 Å². The van der Waals surface area contributed by atoms with Crippen molar-refractivity contribution in [1.82, 2.24) is 4.90 Å². The molecule has 0 saturated heterocycles. The summed E-state index contributed by atoms with van der Waals surface area (Å²) in [6.07, 6.45) is 0.385. The average molecular weight is 457 g/mol. The maximum Gasteiger partial charge on any atom is 0.259 e. The van der Waals surface area contributed by atoms with Crippen molar-refractivity contribution in [2.24, 2.45) is 15.9 Å². The highest BCUT2D eigenvalue weighted by Crippen LogP contribution is 2.36. The van der Waals surface area contributed by atoms with Gasteiger partial charge in [-0.3, -0.25) is 14.6 Å². The second kappa shape index (κ2) is 8.82. The number of hydrogen-bond donors (Lipinski definition) is 1. The van der Waals surface area contributed by atoms with Gasteiger partial charge < -0.3 is 5.32 Å². The molecule has 2 heterocycles. The van der Waals surface area contributed by atoms with Gasteiger partial charge in [-0.2, -0.15) is 0 Å². The zero-order valence-electron chi connectivity index (χ0n) is 17.8. The Morgan fingerprint density at radius 1 is 1.22 bits per heavy atom. The summed E-state index contributed by atoms with van der Waals surface area (Å²) in [5.74, 6) is -1.56. The number of anilines is 1. The van der Waals surface area contributed by atoms with Gasteiger partial charge in [0.05, 0.1) is 16.6 Å². The lowest BCUT2D eigenvalue weighted by atomic mass is 10.1. The zero-order valence-corrected chi connectivity index (χ0v) is 18.6. The van der Waals surface area contributed by atoms with Gasteiger partial charge >= 0.3 is 0 Å². The molecule has 2 atom stereocenters. The van der Waals surface area contributed by atoms with E-state index in [9.17, 15) is 18.4 Å². The number of thioether (sulfide) groups is 1. The monoisotopic (exact) mass is 456 g/mol.